The number of halogens is 1. The molecule has 0 saturated carbocycles. The molecule has 0 fully saturated rings. The number of rotatable bonds is 3. The molecule has 0 atom stereocenters. The van der Waals surface area contributed by atoms with Crippen LogP contribution in [0.5, 0.6) is 11.8 Å². The number of ether oxygens (including phenoxy) is 2. The van der Waals surface area contributed by atoms with Crippen LogP contribution >= 0.6 is 11.6 Å². The molecule has 2 amide bonds. The van der Waals surface area contributed by atoms with Crippen molar-refractivity contribution in [2.24, 2.45) is 0 Å². The first-order valence-corrected chi connectivity index (χ1v) is 9.37. The monoisotopic (exact) mass is 411 g/mol. The van der Waals surface area contributed by atoms with Crippen LogP contribution in [-0.4, -0.2) is 41.2 Å². The topological polar surface area (TPSA) is 89.5 Å². The Balaban J connectivity index is 1.66. The Bertz CT molecular complexity index is 1050. The van der Waals surface area contributed by atoms with Crippen molar-refractivity contribution in [3.8, 4) is 23.0 Å². The summed E-state index contributed by atoms with van der Waals surface area (Å²) in [5.41, 5.74) is 1.55. The quantitative estimate of drug-likeness (QED) is 0.700. The number of carbonyl (C=O) groups excluding carboxylic acids is 1. The molecule has 0 radical (unpaired) electrons. The van der Waals surface area contributed by atoms with Crippen molar-refractivity contribution in [2.45, 2.75) is 6.42 Å². The Morgan fingerprint density at radius 1 is 1.24 bits per heavy atom. The van der Waals surface area contributed by atoms with Crippen LogP contribution in [0.25, 0.3) is 11.3 Å². The lowest BCUT2D eigenvalue weighted by molar-refractivity contribution is 0.256. The van der Waals surface area contributed by atoms with Gasteiger partial charge in [0.1, 0.15) is 5.82 Å². The molecular weight excluding hydrogens is 394 g/mol. The van der Waals surface area contributed by atoms with Gasteiger partial charge in [0.2, 0.25) is 0 Å². The Morgan fingerprint density at radius 2 is 2.14 bits per heavy atom. The zero-order valence-corrected chi connectivity index (χ0v) is 16.4. The third-order valence-corrected chi connectivity index (χ3v) is 4.53. The Morgan fingerprint density at radius 3 is 2.97 bits per heavy atom. The lowest BCUT2D eigenvalue weighted by Crippen LogP contribution is -2.36. The van der Waals surface area contributed by atoms with Crippen LogP contribution in [0.4, 0.5) is 16.4 Å². The van der Waals surface area contributed by atoms with E-state index in [9.17, 15) is 4.79 Å². The Kier molecular flexibility index (Phi) is 5.44. The van der Waals surface area contributed by atoms with Gasteiger partial charge in [-0.3, -0.25) is 10.2 Å². The summed E-state index contributed by atoms with van der Waals surface area (Å²) in [6, 6.07) is 12.4. The summed E-state index contributed by atoms with van der Waals surface area (Å²) in [6.45, 7) is 0.948. The Hall–Kier alpha value is -3.39. The maximum absolute atomic E-state index is 13.0. The molecule has 1 aliphatic heterocycles. The standard InChI is InChI=1S/C20H18ClN5O3/c1-28-19-22-9-8-17(24-19)25-20(27)26-10-3-11-29-16-7-6-15(23-18(16)26)13-4-2-5-14(21)12-13/h2,4-9,12H,3,10-11H2,1H3,(H,22,24,25,27). The van der Waals surface area contributed by atoms with Gasteiger partial charge in [-0.1, -0.05) is 23.7 Å². The zero-order valence-electron chi connectivity index (χ0n) is 15.6. The highest BCUT2D eigenvalue weighted by Crippen LogP contribution is 2.33. The van der Waals surface area contributed by atoms with E-state index in [1.165, 1.54) is 13.3 Å². The summed E-state index contributed by atoms with van der Waals surface area (Å²) in [5, 5.41) is 3.38. The largest absolute Gasteiger partial charge is 0.490 e. The van der Waals surface area contributed by atoms with E-state index >= 15 is 0 Å². The number of aromatic nitrogens is 3. The third kappa shape index (κ3) is 4.22. The SMILES string of the molecule is COc1nccc(NC(=O)N2CCCOc3ccc(-c4cccc(Cl)c4)nc32)n1. The van der Waals surface area contributed by atoms with Gasteiger partial charge >= 0.3 is 12.0 Å². The number of carbonyl (C=O) groups is 1. The second kappa shape index (κ2) is 8.32. The van der Waals surface area contributed by atoms with E-state index in [1.54, 1.807) is 17.0 Å². The average Bonchev–Trinajstić information content (AvgIpc) is 2.96. The number of urea groups is 1. The number of anilines is 2. The number of methoxy groups -OCH3 is 1. The lowest BCUT2D eigenvalue weighted by atomic mass is 10.1. The molecule has 1 N–H and O–H groups in total. The number of hydrogen-bond donors (Lipinski definition) is 1. The molecule has 0 spiro atoms. The van der Waals surface area contributed by atoms with Gasteiger partial charge < -0.3 is 9.47 Å². The minimum atomic E-state index is -0.367. The molecule has 9 heteroatoms. The fraction of sp³-hybridized carbons (Fsp3) is 0.200. The van der Waals surface area contributed by atoms with E-state index in [2.05, 4.69) is 20.3 Å². The zero-order chi connectivity index (χ0) is 20.2. The van der Waals surface area contributed by atoms with Gasteiger partial charge in [0.25, 0.3) is 0 Å². The summed E-state index contributed by atoms with van der Waals surface area (Å²) in [7, 11) is 1.46. The summed E-state index contributed by atoms with van der Waals surface area (Å²) >= 11 is 6.11. The number of amides is 2. The average molecular weight is 412 g/mol. The van der Waals surface area contributed by atoms with Gasteiger partial charge in [-0.15, -0.1) is 0 Å². The van der Waals surface area contributed by atoms with Gasteiger partial charge in [-0.05, 0) is 36.8 Å². The second-order valence-corrected chi connectivity index (χ2v) is 6.68. The van der Waals surface area contributed by atoms with E-state index in [-0.39, 0.29) is 12.0 Å². The molecule has 0 saturated heterocycles. The maximum atomic E-state index is 13.0. The molecule has 0 bridgehead atoms. The van der Waals surface area contributed by atoms with Crippen molar-refractivity contribution < 1.29 is 14.3 Å². The smallest absolute Gasteiger partial charge is 0.328 e. The number of pyridine rings is 1. The van der Waals surface area contributed by atoms with Crippen LogP contribution in [0, 0.1) is 0 Å². The highest BCUT2D eigenvalue weighted by Gasteiger charge is 2.25. The fourth-order valence-corrected chi connectivity index (χ4v) is 3.13. The number of nitrogens with one attached hydrogen (secondary N) is 1. The van der Waals surface area contributed by atoms with Crippen molar-refractivity contribution in [3.05, 3.63) is 53.7 Å². The van der Waals surface area contributed by atoms with E-state index in [0.717, 1.165) is 5.56 Å². The van der Waals surface area contributed by atoms with Crippen molar-refractivity contribution in [1.82, 2.24) is 15.0 Å². The van der Waals surface area contributed by atoms with Crippen molar-refractivity contribution in [2.75, 3.05) is 30.5 Å². The van der Waals surface area contributed by atoms with Crippen LogP contribution in [0.1, 0.15) is 6.42 Å². The summed E-state index contributed by atoms with van der Waals surface area (Å²) in [5.74, 6) is 1.32. The Labute approximate surface area is 172 Å². The summed E-state index contributed by atoms with van der Waals surface area (Å²) in [4.78, 5) is 27.3. The van der Waals surface area contributed by atoms with Crippen molar-refractivity contribution in [1.29, 1.82) is 0 Å². The number of hydrogen-bond acceptors (Lipinski definition) is 6. The summed E-state index contributed by atoms with van der Waals surface area (Å²) < 4.78 is 10.8. The highest BCUT2D eigenvalue weighted by molar-refractivity contribution is 6.30. The van der Waals surface area contributed by atoms with Crippen LogP contribution < -0.4 is 19.7 Å². The van der Waals surface area contributed by atoms with Crippen LogP contribution in [0.15, 0.2) is 48.7 Å². The molecule has 3 heterocycles. The van der Waals surface area contributed by atoms with Gasteiger partial charge in [0, 0.05) is 23.3 Å². The van der Waals surface area contributed by atoms with Gasteiger partial charge in [-0.25, -0.2) is 14.8 Å². The van der Waals surface area contributed by atoms with Crippen LogP contribution in [-0.2, 0) is 0 Å². The van der Waals surface area contributed by atoms with E-state index in [0.29, 0.717) is 47.7 Å². The predicted molar refractivity (Wildman–Crippen MR) is 110 cm³/mol. The first-order chi connectivity index (χ1) is 14.1. The van der Waals surface area contributed by atoms with Gasteiger partial charge in [0.15, 0.2) is 11.6 Å². The molecular formula is C20H18ClN5O3. The molecule has 0 aliphatic carbocycles. The molecule has 2 aromatic heterocycles. The first-order valence-electron chi connectivity index (χ1n) is 8.99. The normalized spacial score (nSPS) is 13.1. The molecule has 29 heavy (non-hydrogen) atoms. The first kappa shape index (κ1) is 18.9. The maximum Gasteiger partial charge on any atom is 0.328 e. The van der Waals surface area contributed by atoms with Crippen LogP contribution in [0.2, 0.25) is 5.02 Å². The lowest BCUT2D eigenvalue weighted by Gasteiger charge is -2.21. The van der Waals surface area contributed by atoms with Crippen molar-refractivity contribution >= 4 is 29.3 Å². The van der Waals surface area contributed by atoms with E-state index in [1.807, 2.05) is 30.3 Å². The number of benzene rings is 1. The van der Waals surface area contributed by atoms with Crippen molar-refractivity contribution in [3.63, 3.8) is 0 Å². The predicted octanol–water partition coefficient (Wildman–Crippen LogP) is 4.02. The minimum Gasteiger partial charge on any atom is -0.490 e. The van der Waals surface area contributed by atoms with Gasteiger partial charge in [-0.2, -0.15) is 4.98 Å². The molecule has 148 valence electrons. The molecule has 1 aliphatic rings. The molecule has 1 aromatic carbocycles. The molecule has 4 rings (SSSR count). The number of fused-ring (bicyclic) bond motifs is 1. The third-order valence-electron chi connectivity index (χ3n) is 4.30. The molecule has 0 unspecified atom stereocenters. The molecule has 8 nitrogen and oxygen atoms in total. The fourth-order valence-electron chi connectivity index (χ4n) is 2.94. The van der Waals surface area contributed by atoms with E-state index in [4.69, 9.17) is 21.1 Å². The highest BCUT2D eigenvalue weighted by atomic mass is 35.5. The molecule has 3 aromatic rings. The van der Waals surface area contributed by atoms with Crippen LogP contribution in [0.3, 0.4) is 0 Å². The second-order valence-electron chi connectivity index (χ2n) is 6.24. The summed E-state index contributed by atoms with van der Waals surface area (Å²) in [6.07, 6.45) is 2.18. The minimum absolute atomic E-state index is 0.170. The van der Waals surface area contributed by atoms with E-state index < -0.39 is 0 Å². The number of nitrogens with zero attached hydrogens (tertiary/aromatic N) is 4. The van der Waals surface area contributed by atoms with Gasteiger partial charge in [0.05, 0.1) is 19.4 Å².